The zero-order valence-electron chi connectivity index (χ0n) is 10.7. The van der Waals surface area contributed by atoms with Gasteiger partial charge >= 0.3 is 0 Å². The quantitative estimate of drug-likeness (QED) is 0.817. The maximum absolute atomic E-state index is 12.5. The molecule has 1 amide bonds. The predicted molar refractivity (Wildman–Crippen MR) is 76.9 cm³/mol. The van der Waals surface area contributed by atoms with E-state index in [1.807, 2.05) is 4.90 Å². The van der Waals surface area contributed by atoms with Crippen molar-refractivity contribution in [1.29, 1.82) is 0 Å². The fourth-order valence-corrected chi connectivity index (χ4v) is 2.51. The molecule has 1 fully saturated rings. The van der Waals surface area contributed by atoms with Crippen LogP contribution >= 0.6 is 15.9 Å². The maximum Gasteiger partial charge on any atom is 0.254 e. The Labute approximate surface area is 121 Å². The summed E-state index contributed by atoms with van der Waals surface area (Å²) in [6, 6.07) is 4.34. The van der Waals surface area contributed by atoms with Crippen LogP contribution in [-0.4, -0.2) is 38.9 Å². The van der Waals surface area contributed by atoms with Crippen LogP contribution in [-0.2, 0) is 0 Å². The highest BCUT2D eigenvalue weighted by molar-refractivity contribution is 9.09. The van der Waals surface area contributed by atoms with Crippen molar-refractivity contribution in [2.24, 2.45) is 0 Å². The Morgan fingerprint density at radius 1 is 1.26 bits per heavy atom. The molecule has 0 atom stereocenters. The molecule has 0 aromatic heterocycles. The summed E-state index contributed by atoms with van der Waals surface area (Å²) in [6.45, 7) is 0.700. The molecule has 104 valence electrons. The van der Waals surface area contributed by atoms with Crippen molar-refractivity contribution < 1.29 is 15.0 Å². The molecular formula is C14H18BrNO3. The van der Waals surface area contributed by atoms with Gasteiger partial charge in [0.05, 0.1) is 0 Å². The Kier molecular flexibility index (Phi) is 4.69. The first-order valence-corrected chi connectivity index (χ1v) is 7.64. The number of amides is 1. The zero-order chi connectivity index (χ0) is 13.8. The van der Waals surface area contributed by atoms with Gasteiger partial charge in [0, 0.05) is 29.5 Å². The summed E-state index contributed by atoms with van der Waals surface area (Å²) < 4.78 is 0. The van der Waals surface area contributed by atoms with E-state index in [2.05, 4.69) is 15.9 Å². The van der Waals surface area contributed by atoms with Crippen molar-refractivity contribution in [3.63, 3.8) is 0 Å². The van der Waals surface area contributed by atoms with Crippen LogP contribution in [0.2, 0.25) is 0 Å². The number of carbonyl (C=O) groups is 1. The first-order chi connectivity index (χ1) is 9.11. The van der Waals surface area contributed by atoms with Gasteiger partial charge in [-0.3, -0.25) is 4.79 Å². The van der Waals surface area contributed by atoms with E-state index < -0.39 is 0 Å². The van der Waals surface area contributed by atoms with Gasteiger partial charge in [0.25, 0.3) is 5.91 Å². The predicted octanol–water partition coefficient (Wildman–Crippen LogP) is 2.88. The molecule has 0 saturated heterocycles. The minimum Gasteiger partial charge on any atom is -0.508 e. The number of nitrogens with zero attached hydrogens (tertiary/aromatic N) is 1. The number of phenolic OH excluding ortho intramolecular Hbond substituents is 2. The minimum atomic E-state index is -0.114. The lowest BCUT2D eigenvalue weighted by molar-refractivity contribution is 0.0580. The van der Waals surface area contributed by atoms with Gasteiger partial charge in [-0.1, -0.05) is 15.9 Å². The number of hydrogen-bond acceptors (Lipinski definition) is 3. The average Bonchev–Trinajstić information content (AvgIpc) is 2.29. The Hall–Kier alpha value is -1.23. The monoisotopic (exact) mass is 327 g/mol. The van der Waals surface area contributed by atoms with Crippen molar-refractivity contribution in [1.82, 2.24) is 4.90 Å². The highest BCUT2D eigenvalue weighted by Gasteiger charge is 2.29. The molecular weight excluding hydrogens is 310 g/mol. The van der Waals surface area contributed by atoms with Crippen LogP contribution in [0.1, 0.15) is 36.0 Å². The summed E-state index contributed by atoms with van der Waals surface area (Å²) in [7, 11) is 0. The highest BCUT2D eigenvalue weighted by Crippen LogP contribution is 2.28. The second-order valence-corrected chi connectivity index (χ2v) is 5.66. The molecule has 19 heavy (non-hydrogen) atoms. The topological polar surface area (TPSA) is 60.8 Å². The molecule has 4 nitrogen and oxygen atoms in total. The molecule has 0 heterocycles. The van der Waals surface area contributed by atoms with Gasteiger partial charge in [-0.15, -0.1) is 0 Å². The van der Waals surface area contributed by atoms with Gasteiger partial charge in [0.1, 0.15) is 11.5 Å². The number of hydrogen-bond donors (Lipinski definition) is 2. The number of phenols is 2. The molecule has 5 heteroatoms. The lowest BCUT2D eigenvalue weighted by Gasteiger charge is -2.37. The standard InChI is InChI=1S/C14H18BrNO3/c15-5-2-6-16(11-3-1-4-11)14(19)10-7-12(17)9-13(18)8-10/h7-9,11,17-18H,1-6H2. The number of halogens is 1. The Morgan fingerprint density at radius 2 is 1.89 bits per heavy atom. The van der Waals surface area contributed by atoms with E-state index in [0.29, 0.717) is 18.2 Å². The maximum atomic E-state index is 12.5. The molecule has 0 radical (unpaired) electrons. The average molecular weight is 328 g/mol. The van der Waals surface area contributed by atoms with Gasteiger partial charge in [-0.05, 0) is 37.8 Å². The molecule has 1 saturated carbocycles. The first-order valence-electron chi connectivity index (χ1n) is 6.52. The molecule has 1 aromatic rings. The number of benzene rings is 1. The summed E-state index contributed by atoms with van der Waals surface area (Å²) in [4.78, 5) is 14.3. The van der Waals surface area contributed by atoms with E-state index in [1.54, 1.807) is 0 Å². The van der Waals surface area contributed by atoms with Crippen molar-refractivity contribution >= 4 is 21.8 Å². The third-order valence-electron chi connectivity index (χ3n) is 3.46. The third kappa shape index (κ3) is 3.41. The number of aromatic hydroxyl groups is 2. The summed E-state index contributed by atoms with van der Waals surface area (Å²) >= 11 is 3.38. The second-order valence-electron chi connectivity index (χ2n) is 4.86. The molecule has 2 rings (SSSR count). The van der Waals surface area contributed by atoms with E-state index in [-0.39, 0.29) is 17.4 Å². The van der Waals surface area contributed by atoms with Crippen LogP contribution in [0.25, 0.3) is 0 Å². The van der Waals surface area contributed by atoms with E-state index in [9.17, 15) is 15.0 Å². The molecule has 0 unspecified atom stereocenters. The van der Waals surface area contributed by atoms with E-state index in [4.69, 9.17) is 0 Å². The molecule has 1 aliphatic rings. The van der Waals surface area contributed by atoms with E-state index in [1.165, 1.54) is 18.2 Å². The summed E-state index contributed by atoms with van der Waals surface area (Å²) in [5.41, 5.74) is 0.346. The van der Waals surface area contributed by atoms with Crippen LogP contribution in [0.3, 0.4) is 0 Å². The molecule has 0 bridgehead atoms. The van der Waals surface area contributed by atoms with Gasteiger partial charge in [0.15, 0.2) is 0 Å². The summed E-state index contributed by atoms with van der Waals surface area (Å²) in [5.74, 6) is -0.286. The Morgan fingerprint density at radius 3 is 2.37 bits per heavy atom. The smallest absolute Gasteiger partial charge is 0.254 e. The lowest BCUT2D eigenvalue weighted by Crippen LogP contribution is -2.44. The van der Waals surface area contributed by atoms with Gasteiger partial charge in [-0.2, -0.15) is 0 Å². The Balaban J connectivity index is 2.17. The van der Waals surface area contributed by atoms with Crippen LogP contribution in [0.5, 0.6) is 11.5 Å². The largest absolute Gasteiger partial charge is 0.508 e. The van der Waals surface area contributed by atoms with Crippen LogP contribution in [0.15, 0.2) is 18.2 Å². The zero-order valence-corrected chi connectivity index (χ0v) is 12.3. The second kappa shape index (κ2) is 6.28. The summed E-state index contributed by atoms with van der Waals surface area (Å²) in [6.07, 6.45) is 4.14. The van der Waals surface area contributed by atoms with Gasteiger partial charge < -0.3 is 15.1 Å². The Bertz CT molecular complexity index is 440. The van der Waals surface area contributed by atoms with Crippen molar-refractivity contribution in [2.45, 2.75) is 31.7 Å². The van der Waals surface area contributed by atoms with E-state index >= 15 is 0 Å². The third-order valence-corrected chi connectivity index (χ3v) is 4.02. The van der Waals surface area contributed by atoms with Crippen molar-refractivity contribution in [3.05, 3.63) is 23.8 Å². The number of rotatable bonds is 5. The molecule has 0 aliphatic heterocycles. The SMILES string of the molecule is O=C(c1cc(O)cc(O)c1)N(CCCBr)C1CCC1. The first kappa shape index (κ1) is 14.2. The fraction of sp³-hybridized carbons (Fsp3) is 0.500. The van der Waals surface area contributed by atoms with Crippen LogP contribution in [0, 0.1) is 0 Å². The van der Waals surface area contributed by atoms with Crippen LogP contribution in [0.4, 0.5) is 0 Å². The molecule has 2 N–H and O–H groups in total. The number of alkyl halides is 1. The van der Waals surface area contributed by atoms with E-state index in [0.717, 1.165) is 31.0 Å². The van der Waals surface area contributed by atoms with Crippen molar-refractivity contribution in [2.75, 3.05) is 11.9 Å². The fourth-order valence-electron chi connectivity index (χ4n) is 2.26. The van der Waals surface area contributed by atoms with Gasteiger partial charge in [0.2, 0.25) is 0 Å². The van der Waals surface area contributed by atoms with Crippen LogP contribution < -0.4 is 0 Å². The summed E-state index contributed by atoms with van der Waals surface area (Å²) in [5, 5.41) is 19.8. The lowest BCUT2D eigenvalue weighted by atomic mass is 9.90. The number of carbonyl (C=O) groups excluding carboxylic acids is 1. The van der Waals surface area contributed by atoms with Gasteiger partial charge in [-0.25, -0.2) is 0 Å². The molecule has 1 aromatic carbocycles. The van der Waals surface area contributed by atoms with Crippen molar-refractivity contribution in [3.8, 4) is 11.5 Å². The normalized spacial score (nSPS) is 15.0. The highest BCUT2D eigenvalue weighted by atomic mass is 79.9. The molecule has 0 spiro atoms. The minimum absolute atomic E-state index is 0.0857. The molecule has 1 aliphatic carbocycles.